The van der Waals surface area contributed by atoms with Crippen molar-refractivity contribution < 1.29 is 9.53 Å². The van der Waals surface area contributed by atoms with E-state index in [9.17, 15) is 4.79 Å². The number of aryl methyl sites for hydroxylation is 2. The van der Waals surface area contributed by atoms with Crippen molar-refractivity contribution in [2.75, 3.05) is 31.6 Å². The SMILES string of the molecule is O=C(Nc1ccc2c(c1)nc1n2CCCCC1)c1ccc(CN2CCOCC2)cc1. The van der Waals surface area contributed by atoms with Crippen molar-refractivity contribution in [2.45, 2.75) is 38.8 Å². The van der Waals surface area contributed by atoms with Crippen LogP contribution in [-0.4, -0.2) is 46.7 Å². The Bertz CT molecular complexity index is 1040. The van der Waals surface area contributed by atoms with Crippen LogP contribution in [0.1, 0.15) is 41.0 Å². The van der Waals surface area contributed by atoms with E-state index in [4.69, 9.17) is 9.72 Å². The molecular weight excluding hydrogens is 376 g/mol. The first kappa shape index (κ1) is 19.3. The monoisotopic (exact) mass is 404 g/mol. The van der Waals surface area contributed by atoms with Crippen molar-refractivity contribution in [1.82, 2.24) is 14.5 Å². The number of fused-ring (bicyclic) bond motifs is 3. The fraction of sp³-hybridized carbons (Fsp3) is 0.417. The lowest BCUT2D eigenvalue weighted by atomic mass is 10.1. The number of hydrogen-bond acceptors (Lipinski definition) is 4. The number of amides is 1. The van der Waals surface area contributed by atoms with Gasteiger partial charge in [-0.25, -0.2) is 4.98 Å². The van der Waals surface area contributed by atoms with E-state index in [1.54, 1.807) is 0 Å². The molecular formula is C24H28N4O2. The number of nitrogens with zero attached hydrogens (tertiary/aromatic N) is 3. The van der Waals surface area contributed by atoms with Crippen LogP contribution >= 0.6 is 0 Å². The van der Waals surface area contributed by atoms with Gasteiger partial charge in [-0.1, -0.05) is 18.6 Å². The average molecular weight is 405 g/mol. The second-order valence-electron chi connectivity index (χ2n) is 8.23. The van der Waals surface area contributed by atoms with Gasteiger partial charge in [0, 0.05) is 43.9 Å². The van der Waals surface area contributed by atoms with Crippen LogP contribution in [0, 0.1) is 0 Å². The molecule has 2 aliphatic rings. The lowest BCUT2D eigenvalue weighted by Crippen LogP contribution is -2.35. The standard InChI is InChI=1S/C24H28N4O2/c29-24(19-7-5-18(6-8-19)17-27-12-14-30-15-13-27)25-20-9-10-22-21(16-20)26-23-4-2-1-3-11-28(22)23/h5-10,16H,1-4,11-15,17H2,(H,25,29). The first-order valence-electron chi connectivity index (χ1n) is 11.0. The van der Waals surface area contributed by atoms with Gasteiger partial charge in [0.25, 0.3) is 5.91 Å². The third-order valence-electron chi connectivity index (χ3n) is 6.09. The van der Waals surface area contributed by atoms with Gasteiger partial charge in [0.15, 0.2) is 0 Å². The molecule has 30 heavy (non-hydrogen) atoms. The number of carbonyl (C=O) groups is 1. The highest BCUT2D eigenvalue weighted by atomic mass is 16.5. The van der Waals surface area contributed by atoms with Gasteiger partial charge in [0.1, 0.15) is 5.82 Å². The fourth-order valence-corrected chi connectivity index (χ4v) is 4.41. The number of morpholine rings is 1. The van der Waals surface area contributed by atoms with Crippen LogP contribution in [0.2, 0.25) is 0 Å². The number of ether oxygens (including phenoxy) is 1. The lowest BCUT2D eigenvalue weighted by molar-refractivity contribution is 0.0342. The Balaban J connectivity index is 1.27. The maximum absolute atomic E-state index is 12.7. The maximum Gasteiger partial charge on any atom is 0.255 e. The summed E-state index contributed by atoms with van der Waals surface area (Å²) in [7, 11) is 0. The third kappa shape index (κ3) is 4.11. The van der Waals surface area contributed by atoms with E-state index in [-0.39, 0.29) is 5.91 Å². The topological polar surface area (TPSA) is 59.4 Å². The molecule has 1 saturated heterocycles. The Kier molecular flexibility index (Phi) is 5.51. The minimum atomic E-state index is -0.0898. The Morgan fingerprint density at radius 1 is 1.00 bits per heavy atom. The zero-order chi connectivity index (χ0) is 20.3. The molecule has 0 spiro atoms. The van der Waals surface area contributed by atoms with Crippen LogP contribution in [0.15, 0.2) is 42.5 Å². The fourth-order valence-electron chi connectivity index (χ4n) is 4.41. The zero-order valence-corrected chi connectivity index (χ0v) is 17.3. The molecule has 0 unspecified atom stereocenters. The molecule has 1 fully saturated rings. The van der Waals surface area contributed by atoms with Crippen LogP contribution in [0.5, 0.6) is 0 Å². The average Bonchev–Trinajstić information content (AvgIpc) is 2.94. The first-order valence-corrected chi connectivity index (χ1v) is 11.0. The molecule has 156 valence electrons. The first-order chi connectivity index (χ1) is 14.8. The Morgan fingerprint density at radius 3 is 2.67 bits per heavy atom. The van der Waals surface area contributed by atoms with Crippen molar-refractivity contribution in [3.05, 3.63) is 59.4 Å². The number of hydrogen-bond donors (Lipinski definition) is 1. The molecule has 1 aromatic heterocycles. The maximum atomic E-state index is 12.7. The largest absolute Gasteiger partial charge is 0.379 e. The normalized spacial score (nSPS) is 17.5. The van der Waals surface area contributed by atoms with Crippen LogP contribution in [0.4, 0.5) is 5.69 Å². The molecule has 0 radical (unpaired) electrons. The van der Waals surface area contributed by atoms with Gasteiger partial charge in [-0.05, 0) is 48.7 Å². The highest BCUT2D eigenvalue weighted by Gasteiger charge is 2.15. The number of aromatic nitrogens is 2. The molecule has 6 heteroatoms. The predicted octanol–water partition coefficient (Wildman–Crippen LogP) is 3.85. The molecule has 2 aliphatic heterocycles. The Labute approximate surface area is 176 Å². The molecule has 3 aromatic rings. The van der Waals surface area contributed by atoms with Crippen molar-refractivity contribution in [2.24, 2.45) is 0 Å². The number of carbonyl (C=O) groups excluding carboxylic acids is 1. The van der Waals surface area contributed by atoms with Crippen LogP contribution < -0.4 is 5.32 Å². The zero-order valence-electron chi connectivity index (χ0n) is 17.3. The summed E-state index contributed by atoms with van der Waals surface area (Å²) < 4.78 is 7.73. The smallest absolute Gasteiger partial charge is 0.255 e. The molecule has 0 bridgehead atoms. The van der Waals surface area contributed by atoms with Gasteiger partial charge in [0.05, 0.1) is 24.2 Å². The van der Waals surface area contributed by atoms with Crippen molar-refractivity contribution in [3.8, 4) is 0 Å². The summed E-state index contributed by atoms with van der Waals surface area (Å²) >= 11 is 0. The number of imidazole rings is 1. The summed E-state index contributed by atoms with van der Waals surface area (Å²) in [5.41, 5.74) is 4.80. The van der Waals surface area contributed by atoms with Gasteiger partial charge >= 0.3 is 0 Å². The predicted molar refractivity (Wildman–Crippen MR) is 118 cm³/mol. The molecule has 2 aromatic carbocycles. The molecule has 5 rings (SSSR count). The van der Waals surface area contributed by atoms with E-state index in [0.717, 1.165) is 62.5 Å². The molecule has 6 nitrogen and oxygen atoms in total. The second-order valence-corrected chi connectivity index (χ2v) is 8.23. The minimum Gasteiger partial charge on any atom is -0.379 e. The molecule has 0 atom stereocenters. The minimum absolute atomic E-state index is 0.0898. The van der Waals surface area contributed by atoms with E-state index < -0.39 is 0 Å². The van der Waals surface area contributed by atoms with Crippen LogP contribution in [0.25, 0.3) is 11.0 Å². The highest BCUT2D eigenvalue weighted by molar-refractivity contribution is 6.05. The summed E-state index contributed by atoms with van der Waals surface area (Å²) in [5.74, 6) is 1.08. The van der Waals surface area contributed by atoms with E-state index >= 15 is 0 Å². The van der Waals surface area contributed by atoms with Gasteiger partial charge < -0.3 is 14.6 Å². The summed E-state index contributed by atoms with van der Waals surface area (Å²) in [6, 6.07) is 13.9. The lowest BCUT2D eigenvalue weighted by Gasteiger charge is -2.26. The van der Waals surface area contributed by atoms with Crippen LogP contribution in [-0.2, 0) is 24.2 Å². The highest BCUT2D eigenvalue weighted by Crippen LogP contribution is 2.24. The Morgan fingerprint density at radius 2 is 1.83 bits per heavy atom. The van der Waals surface area contributed by atoms with Gasteiger partial charge in [0.2, 0.25) is 0 Å². The second kappa shape index (κ2) is 8.58. The van der Waals surface area contributed by atoms with Gasteiger partial charge in [-0.2, -0.15) is 0 Å². The quantitative estimate of drug-likeness (QED) is 0.718. The summed E-state index contributed by atoms with van der Waals surface area (Å²) in [6.07, 6.45) is 4.71. The third-order valence-corrected chi connectivity index (χ3v) is 6.09. The summed E-state index contributed by atoms with van der Waals surface area (Å²) in [5, 5.41) is 3.03. The van der Waals surface area contributed by atoms with Gasteiger partial charge in [-0.15, -0.1) is 0 Å². The van der Waals surface area contributed by atoms with E-state index in [1.807, 2.05) is 36.4 Å². The van der Waals surface area contributed by atoms with Crippen molar-refractivity contribution in [1.29, 1.82) is 0 Å². The molecule has 0 saturated carbocycles. The Hall–Kier alpha value is -2.70. The van der Waals surface area contributed by atoms with E-state index in [1.165, 1.54) is 30.7 Å². The number of rotatable bonds is 4. The summed E-state index contributed by atoms with van der Waals surface area (Å²) in [4.78, 5) is 19.9. The molecule has 1 amide bonds. The molecule has 3 heterocycles. The number of benzene rings is 2. The number of nitrogens with one attached hydrogen (secondary N) is 1. The summed E-state index contributed by atoms with van der Waals surface area (Å²) in [6.45, 7) is 5.45. The number of anilines is 1. The van der Waals surface area contributed by atoms with Crippen molar-refractivity contribution in [3.63, 3.8) is 0 Å². The van der Waals surface area contributed by atoms with E-state index in [0.29, 0.717) is 5.56 Å². The van der Waals surface area contributed by atoms with Crippen LogP contribution in [0.3, 0.4) is 0 Å². The van der Waals surface area contributed by atoms with Crippen molar-refractivity contribution >= 4 is 22.6 Å². The molecule has 0 aliphatic carbocycles. The molecule has 1 N–H and O–H groups in total. The van der Waals surface area contributed by atoms with Gasteiger partial charge in [-0.3, -0.25) is 9.69 Å². The van der Waals surface area contributed by atoms with E-state index in [2.05, 4.69) is 20.9 Å².